The third kappa shape index (κ3) is 7.30. The molecule has 8 heteroatoms. The van der Waals surface area contributed by atoms with Gasteiger partial charge in [-0.2, -0.15) is 8.42 Å². The normalized spacial score (nSPS) is 11.5. The predicted molar refractivity (Wildman–Crippen MR) is 61.4 cm³/mol. The van der Waals surface area contributed by atoms with Gasteiger partial charge in [0.15, 0.2) is 0 Å². The highest BCUT2D eigenvalue weighted by Crippen LogP contribution is 1.81. The summed E-state index contributed by atoms with van der Waals surface area (Å²) >= 11 is 0. The SMILES string of the molecule is CS(=O)(=O)O.O.O.O=C1C=c2ccccc2=N1. The molecule has 1 amide bonds. The Morgan fingerprint density at radius 1 is 1.18 bits per heavy atom. The first-order valence-electron chi connectivity index (χ1n) is 3.98. The van der Waals surface area contributed by atoms with E-state index in [2.05, 4.69) is 4.99 Å². The Bertz CT molecular complexity index is 547. The van der Waals surface area contributed by atoms with Crippen molar-refractivity contribution in [2.75, 3.05) is 6.26 Å². The maximum Gasteiger partial charge on any atom is 0.270 e. The van der Waals surface area contributed by atoms with Gasteiger partial charge in [-0.25, -0.2) is 4.99 Å². The average Bonchev–Trinajstić information content (AvgIpc) is 2.40. The Morgan fingerprint density at radius 2 is 1.65 bits per heavy atom. The van der Waals surface area contributed by atoms with Crippen LogP contribution in [-0.4, -0.2) is 36.1 Å². The van der Waals surface area contributed by atoms with Crippen LogP contribution in [0.4, 0.5) is 0 Å². The second-order valence-corrected chi connectivity index (χ2v) is 4.35. The molecular weight excluding hydrogens is 250 g/mol. The summed E-state index contributed by atoms with van der Waals surface area (Å²) in [7, 11) is -3.67. The Morgan fingerprint density at radius 3 is 2.12 bits per heavy atom. The topological polar surface area (TPSA) is 147 Å². The van der Waals surface area contributed by atoms with Crippen molar-refractivity contribution in [1.29, 1.82) is 0 Å². The summed E-state index contributed by atoms with van der Waals surface area (Å²) in [6, 6.07) is 7.47. The van der Waals surface area contributed by atoms with Gasteiger partial charge in [-0.15, -0.1) is 0 Å². The van der Waals surface area contributed by atoms with Gasteiger partial charge in [0, 0.05) is 11.3 Å². The van der Waals surface area contributed by atoms with Gasteiger partial charge in [0.05, 0.1) is 11.6 Å². The lowest BCUT2D eigenvalue weighted by Crippen LogP contribution is -2.19. The minimum atomic E-state index is -3.67. The van der Waals surface area contributed by atoms with E-state index in [4.69, 9.17) is 4.55 Å². The molecule has 17 heavy (non-hydrogen) atoms. The summed E-state index contributed by atoms with van der Waals surface area (Å²) in [6.07, 6.45) is 2.25. The molecule has 0 unspecified atom stereocenters. The van der Waals surface area contributed by atoms with Crippen molar-refractivity contribution in [2.24, 2.45) is 4.99 Å². The van der Waals surface area contributed by atoms with E-state index in [0.717, 1.165) is 10.6 Å². The smallest absolute Gasteiger partial charge is 0.270 e. The summed E-state index contributed by atoms with van der Waals surface area (Å²) < 4.78 is 25.9. The van der Waals surface area contributed by atoms with Crippen LogP contribution >= 0.6 is 0 Å². The minimum Gasteiger partial charge on any atom is -0.412 e. The lowest BCUT2D eigenvalue weighted by atomic mass is 10.3. The van der Waals surface area contributed by atoms with Gasteiger partial charge < -0.3 is 11.0 Å². The fourth-order valence-electron chi connectivity index (χ4n) is 0.995. The maximum atomic E-state index is 10.7. The van der Waals surface area contributed by atoms with Gasteiger partial charge in [0.1, 0.15) is 0 Å². The van der Waals surface area contributed by atoms with Crippen molar-refractivity contribution in [2.45, 2.75) is 0 Å². The van der Waals surface area contributed by atoms with Gasteiger partial charge in [-0.3, -0.25) is 9.35 Å². The summed E-state index contributed by atoms with van der Waals surface area (Å²) in [5.74, 6) is -0.152. The molecule has 0 saturated heterocycles. The van der Waals surface area contributed by atoms with E-state index >= 15 is 0 Å². The van der Waals surface area contributed by atoms with Crippen molar-refractivity contribution in [1.82, 2.24) is 0 Å². The van der Waals surface area contributed by atoms with Gasteiger partial charge >= 0.3 is 0 Å². The molecule has 1 aromatic rings. The zero-order chi connectivity index (χ0) is 11.5. The van der Waals surface area contributed by atoms with Crippen molar-refractivity contribution in [3.63, 3.8) is 0 Å². The van der Waals surface area contributed by atoms with Crippen LogP contribution in [0.1, 0.15) is 0 Å². The standard InChI is InChI=1S/C8H5NO.CH4O3S.2H2O/c10-8-5-6-3-1-2-4-7(6)9-8;1-5(2,3)4;;/h1-5H;1H3,(H,2,3,4);2*1H2. The van der Waals surface area contributed by atoms with E-state index in [9.17, 15) is 13.2 Å². The van der Waals surface area contributed by atoms with Crippen LogP contribution in [0.25, 0.3) is 6.08 Å². The van der Waals surface area contributed by atoms with Crippen LogP contribution in [0.5, 0.6) is 0 Å². The molecular formula is C9H13NO6S. The number of benzene rings is 1. The molecule has 5 N–H and O–H groups in total. The van der Waals surface area contributed by atoms with Crippen molar-refractivity contribution in [3.05, 3.63) is 34.8 Å². The van der Waals surface area contributed by atoms with Crippen LogP contribution in [0.15, 0.2) is 29.3 Å². The maximum absolute atomic E-state index is 10.7. The lowest BCUT2D eigenvalue weighted by Gasteiger charge is -1.77. The van der Waals surface area contributed by atoms with E-state index in [1.807, 2.05) is 24.3 Å². The van der Waals surface area contributed by atoms with Gasteiger partial charge in [0.2, 0.25) is 0 Å². The number of amides is 1. The lowest BCUT2D eigenvalue weighted by molar-refractivity contribution is -0.112. The highest BCUT2D eigenvalue weighted by Gasteiger charge is 1.99. The third-order valence-corrected chi connectivity index (χ3v) is 1.45. The van der Waals surface area contributed by atoms with Crippen LogP contribution in [0, 0.1) is 0 Å². The van der Waals surface area contributed by atoms with E-state index in [1.54, 1.807) is 0 Å². The first kappa shape index (κ1) is 17.8. The largest absolute Gasteiger partial charge is 0.412 e. The molecule has 0 aliphatic carbocycles. The summed E-state index contributed by atoms with van der Waals surface area (Å²) in [5, 5.41) is 1.71. The van der Waals surface area contributed by atoms with Crippen molar-refractivity contribution in [3.8, 4) is 0 Å². The number of carbonyl (C=O) groups excluding carboxylic acids is 1. The summed E-state index contributed by atoms with van der Waals surface area (Å²) in [5.41, 5.74) is 0. The number of rotatable bonds is 0. The van der Waals surface area contributed by atoms with Crippen LogP contribution in [0.3, 0.4) is 0 Å². The number of carbonyl (C=O) groups is 1. The van der Waals surface area contributed by atoms with E-state index in [0.29, 0.717) is 6.26 Å². The van der Waals surface area contributed by atoms with Gasteiger partial charge in [-0.05, 0) is 6.07 Å². The molecule has 0 atom stereocenters. The highest BCUT2D eigenvalue weighted by molar-refractivity contribution is 7.85. The third-order valence-electron chi connectivity index (χ3n) is 1.45. The quantitative estimate of drug-likeness (QED) is 0.514. The summed E-state index contributed by atoms with van der Waals surface area (Å²) in [6.45, 7) is 0. The molecule has 2 rings (SSSR count). The number of nitrogens with zero attached hydrogens (tertiary/aromatic N) is 1. The molecule has 0 radical (unpaired) electrons. The van der Waals surface area contributed by atoms with Gasteiger partial charge in [0.25, 0.3) is 16.0 Å². The van der Waals surface area contributed by atoms with E-state index < -0.39 is 10.1 Å². The van der Waals surface area contributed by atoms with Crippen molar-refractivity contribution >= 4 is 22.1 Å². The van der Waals surface area contributed by atoms with Crippen LogP contribution < -0.4 is 10.6 Å². The van der Waals surface area contributed by atoms with Crippen molar-refractivity contribution < 1.29 is 28.7 Å². The molecule has 1 heterocycles. The fraction of sp³-hybridized carbons (Fsp3) is 0.111. The minimum absolute atomic E-state index is 0. The molecule has 0 fully saturated rings. The molecule has 96 valence electrons. The van der Waals surface area contributed by atoms with Crippen LogP contribution in [-0.2, 0) is 14.9 Å². The van der Waals surface area contributed by atoms with Gasteiger partial charge in [-0.1, -0.05) is 18.2 Å². The number of fused-ring (bicyclic) bond motifs is 1. The average molecular weight is 263 g/mol. The van der Waals surface area contributed by atoms with E-state index in [1.165, 1.54) is 6.08 Å². The molecule has 7 nitrogen and oxygen atoms in total. The Kier molecular flexibility index (Phi) is 7.17. The molecule has 0 saturated carbocycles. The predicted octanol–water partition coefficient (Wildman–Crippen LogP) is -2.52. The zero-order valence-corrected chi connectivity index (χ0v) is 9.73. The Labute approximate surface area is 97.5 Å². The monoisotopic (exact) mass is 263 g/mol. The Hall–Kier alpha value is -1.61. The molecule has 1 aliphatic heterocycles. The fourth-order valence-corrected chi connectivity index (χ4v) is 0.995. The molecule has 0 aromatic heterocycles. The summed E-state index contributed by atoms with van der Waals surface area (Å²) in [4.78, 5) is 14.4. The molecule has 0 bridgehead atoms. The number of hydrogen-bond donors (Lipinski definition) is 1. The number of para-hydroxylation sites is 1. The highest BCUT2D eigenvalue weighted by atomic mass is 32.2. The molecule has 0 spiro atoms. The molecule has 1 aliphatic rings. The number of hydrogen-bond acceptors (Lipinski definition) is 3. The first-order chi connectivity index (χ1) is 6.86. The second-order valence-electron chi connectivity index (χ2n) is 2.89. The second kappa shape index (κ2) is 6.86. The zero-order valence-electron chi connectivity index (χ0n) is 8.91. The first-order valence-corrected chi connectivity index (χ1v) is 5.83. The van der Waals surface area contributed by atoms with E-state index in [-0.39, 0.29) is 16.9 Å². The molecule has 1 aromatic carbocycles. The van der Waals surface area contributed by atoms with Crippen LogP contribution in [0.2, 0.25) is 0 Å². The Balaban J connectivity index is 0.